The van der Waals surface area contributed by atoms with E-state index in [0.717, 1.165) is 5.56 Å². The maximum Gasteiger partial charge on any atom is 0.251 e. The minimum atomic E-state index is -0.154. The first kappa shape index (κ1) is 13.7. The third-order valence-corrected chi connectivity index (χ3v) is 2.49. The second-order valence-electron chi connectivity index (χ2n) is 4.00. The molecule has 17 heavy (non-hydrogen) atoms. The Morgan fingerprint density at radius 1 is 1.41 bits per heavy atom. The molecule has 1 amide bonds. The molecule has 1 aromatic rings. The van der Waals surface area contributed by atoms with E-state index in [-0.39, 0.29) is 18.6 Å². The fraction of sp³-hybridized carbons (Fsp3) is 0.462. The first-order valence-corrected chi connectivity index (χ1v) is 5.64. The summed E-state index contributed by atoms with van der Waals surface area (Å²) < 4.78 is 4.99. The minimum absolute atomic E-state index is 0.0300. The van der Waals surface area contributed by atoms with E-state index in [9.17, 15) is 4.79 Å². The summed E-state index contributed by atoms with van der Waals surface area (Å²) in [5.74, 6) is -0.138. The van der Waals surface area contributed by atoms with Gasteiger partial charge in [-0.2, -0.15) is 0 Å². The van der Waals surface area contributed by atoms with E-state index in [4.69, 9.17) is 9.84 Å². The number of carbonyl (C=O) groups excluding carboxylic acids is 1. The van der Waals surface area contributed by atoms with Crippen LogP contribution in [0, 0.1) is 6.92 Å². The van der Waals surface area contributed by atoms with Crippen LogP contribution in [0.1, 0.15) is 22.3 Å². The highest BCUT2D eigenvalue weighted by molar-refractivity contribution is 5.94. The summed E-state index contributed by atoms with van der Waals surface area (Å²) in [4.78, 5) is 11.9. The van der Waals surface area contributed by atoms with Crippen molar-refractivity contribution in [1.29, 1.82) is 0 Å². The van der Waals surface area contributed by atoms with Crippen LogP contribution in [0.3, 0.4) is 0 Å². The van der Waals surface area contributed by atoms with E-state index in [1.165, 1.54) is 0 Å². The van der Waals surface area contributed by atoms with Crippen molar-refractivity contribution in [1.82, 2.24) is 5.32 Å². The standard InChI is InChI=1S/C13H19NO3/c1-10-3-5-11(6-4-10)13(16)14-12(7-8-15)9-17-2/h3-6,12,15H,7-9H2,1-2H3,(H,14,16). The average molecular weight is 237 g/mol. The van der Waals surface area contributed by atoms with Gasteiger partial charge in [-0.1, -0.05) is 17.7 Å². The van der Waals surface area contributed by atoms with Gasteiger partial charge in [0.15, 0.2) is 0 Å². The molecule has 0 aliphatic carbocycles. The van der Waals surface area contributed by atoms with Crippen LogP contribution in [0.25, 0.3) is 0 Å². The summed E-state index contributed by atoms with van der Waals surface area (Å²) in [5, 5.41) is 11.7. The van der Waals surface area contributed by atoms with E-state index in [1.807, 2.05) is 19.1 Å². The van der Waals surface area contributed by atoms with E-state index < -0.39 is 0 Å². The molecule has 94 valence electrons. The Bertz CT molecular complexity index is 342. The van der Waals surface area contributed by atoms with Gasteiger partial charge in [-0.15, -0.1) is 0 Å². The third kappa shape index (κ3) is 4.54. The zero-order valence-corrected chi connectivity index (χ0v) is 10.3. The van der Waals surface area contributed by atoms with E-state index in [0.29, 0.717) is 18.6 Å². The van der Waals surface area contributed by atoms with Gasteiger partial charge < -0.3 is 15.2 Å². The number of aliphatic hydroxyl groups excluding tert-OH is 1. The minimum Gasteiger partial charge on any atom is -0.396 e. The molecule has 1 rings (SSSR count). The predicted molar refractivity (Wildman–Crippen MR) is 66.0 cm³/mol. The van der Waals surface area contributed by atoms with Crippen LogP contribution in [0.15, 0.2) is 24.3 Å². The quantitative estimate of drug-likeness (QED) is 0.779. The van der Waals surface area contributed by atoms with Gasteiger partial charge in [0, 0.05) is 19.3 Å². The molecule has 0 radical (unpaired) electrons. The smallest absolute Gasteiger partial charge is 0.251 e. The van der Waals surface area contributed by atoms with Crippen molar-refractivity contribution in [2.75, 3.05) is 20.3 Å². The fourth-order valence-electron chi connectivity index (χ4n) is 1.53. The lowest BCUT2D eigenvalue weighted by Crippen LogP contribution is -2.38. The number of carbonyl (C=O) groups is 1. The SMILES string of the molecule is COCC(CCO)NC(=O)c1ccc(C)cc1. The van der Waals surface area contributed by atoms with Crippen molar-refractivity contribution in [2.24, 2.45) is 0 Å². The molecular formula is C13H19NO3. The van der Waals surface area contributed by atoms with Gasteiger partial charge in [0.05, 0.1) is 12.6 Å². The molecule has 0 bridgehead atoms. The molecule has 0 aliphatic rings. The number of ether oxygens (including phenoxy) is 1. The predicted octanol–water partition coefficient (Wildman–Crippen LogP) is 1.12. The van der Waals surface area contributed by atoms with E-state index >= 15 is 0 Å². The number of nitrogens with one attached hydrogen (secondary N) is 1. The molecule has 1 unspecified atom stereocenters. The Morgan fingerprint density at radius 2 is 2.06 bits per heavy atom. The maximum atomic E-state index is 11.9. The largest absolute Gasteiger partial charge is 0.396 e. The van der Waals surface area contributed by atoms with Crippen molar-refractivity contribution in [2.45, 2.75) is 19.4 Å². The first-order valence-electron chi connectivity index (χ1n) is 5.64. The van der Waals surface area contributed by atoms with Crippen LogP contribution in [0.4, 0.5) is 0 Å². The highest BCUT2D eigenvalue weighted by atomic mass is 16.5. The van der Waals surface area contributed by atoms with Gasteiger partial charge in [-0.05, 0) is 25.5 Å². The van der Waals surface area contributed by atoms with E-state index in [1.54, 1.807) is 19.2 Å². The van der Waals surface area contributed by atoms with Gasteiger partial charge in [0.25, 0.3) is 5.91 Å². The Kier molecular flexibility index (Phi) is 5.66. The lowest BCUT2D eigenvalue weighted by molar-refractivity contribution is 0.0878. The van der Waals surface area contributed by atoms with Crippen LogP contribution in [0.2, 0.25) is 0 Å². The Hall–Kier alpha value is -1.39. The average Bonchev–Trinajstić information content (AvgIpc) is 2.30. The number of rotatable bonds is 6. The van der Waals surface area contributed by atoms with Gasteiger partial charge in [-0.3, -0.25) is 4.79 Å². The normalized spacial score (nSPS) is 12.2. The van der Waals surface area contributed by atoms with Gasteiger partial charge in [0.1, 0.15) is 0 Å². The molecule has 0 aliphatic heterocycles. The Labute approximate surface area is 102 Å². The van der Waals surface area contributed by atoms with Gasteiger partial charge >= 0.3 is 0 Å². The molecule has 0 aromatic heterocycles. The number of benzene rings is 1. The molecule has 4 nitrogen and oxygen atoms in total. The number of methoxy groups -OCH3 is 1. The monoisotopic (exact) mass is 237 g/mol. The lowest BCUT2D eigenvalue weighted by Gasteiger charge is -2.16. The molecule has 0 fully saturated rings. The van der Waals surface area contributed by atoms with Crippen molar-refractivity contribution in [3.05, 3.63) is 35.4 Å². The van der Waals surface area contributed by atoms with Crippen LogP contribution in [-0.2, 0) is 4.74 Å². The van der Waals surface area contributed by atoms with Crippen LogP contribution in [-0.4, -0.2) is 37.4 Å². The molecule has 0 spiro atoms. The molecule has 0 saturated heterocycles. The third-order valence-electron chi connectivity index (χ3n) is 2.49. The number of amides is 1. The summed E-state index contributed by atoms with van der Waals surface area (Å²) in [6, 6.07) is 7.21. The summed E-state index contributed by atoms with van der Waals surface area (Å²) >= 11 is 0. The summed E-state index contributed by atoms with van der Waals surface area (Å²) in [6.45, 7) is 2.40. The van der Waals surface area contributed by atoms with Crippen molar-refractivity contribution >= 4 is 5.91 Å². The zero-order chi connectivity index (χ0) is 12.7. The summed E-state index contributed by atoms with van der Waals surface area (Å²) in [5.41, 5.74) is 1.74. The lowest BCUT2D eigenvalue weighted by atomic mass is 10.1. The van der Waals surface area contributed by atoms with Gasteiger partial charge in [0.2, 0.25) is 0 Å². The fourth-order valence-corrected chi connectivity index (χ4v) is 1.53. The van der Waals surface area contributed by atoms with Gasteiger partial charge in [-0.25, -0.2) is 0 Å². The first-order chi connectivity index (χ1) is 8.17. The Morgan fingerprint density at radius 3 is 2.59 bits per heavy atom. The highest BCUT2D eigenvalue weighted by Crippen LogP contribution is 2.04. The molecular weight excluding hydrogens is 218 g/mol. The molecule has 0 heterocycles. The molecule has 1 atom stereocenters. The molecule has 1 aromatic carbocycles. The summed E-state index contributed by atoms with van der Waals surface area (Å²) in [7, 11) is 1.57. The number of hydrogen-bond donors (Lipinski definition) is 2. The maximum absolute atomic E-state index is 11.9. The zero-order valence-electron chi connectivity index (χ0n) is 10.3. The molecule has 4 heteroatoms. The van der Waals surface area contributed by atoms with E-state index in [2.05, 4.69) is 5.32 Å². The molecule has 2 N–H and O–H groups in total. The van der Waals surface area contributed by atoms with Crippen LogP contribution < -0.4 is 5.32 Å². The number of aliphatic hydroxyl groups is 1. The second-order valence-corrected chi connectivity index (χ2v) is 4.00. The highest BCUT2D eigenvalue weighted by Gasteiger charge is 2.12. The van der Waals surface area contributed by atoms with Crippen molar-refractivity contribution in [3.8, 4) is 0 Å². The second kappa shape index (κ2) is 7.04. The van der Waals surface area contributed by atoms with Crippen molar-refractivity contribution in [3.63, 3.8) is 0 Å². The topological polar surface area (TPSA) is 58.6 Å². The number of hydrogen-bond acceptors (Lipinski definition) is 3. The Balaban J connectivity index is 2.60. The number of aryl methyl sites for hydroxylation is 1. The van der Waals surface area contributed by atoms with Crippen LogP contribution in [0.5, 0.6) is 0 Å². The molecule has 0 saturated carbocycles. The van der Waals surface area contributed by atoms with Crippen LogP contribution >= 0.6 is 0 Å². The summed E-state index contributed by atoms with van der Waals surface area (Å²) in [6.07, 6.45) is 0.492. The van der Waals surface area contributed by atoms with Crippen molar-refractivity contribution < 1.29 is 14.6 Å².